The number of para-hydroxylation sites is 2. The van der Waals surface area contributed by atoms with Gasteiger partial charge in [-0.1, -0.05) is 30.3 Å². The Morgan fingerprint density at radius 3 is 2.28 bits per heavy atom. The van der Waals surface area contributed by atoms with Gasteiger partial charge in [0.2, 0.25) is 0 Å². The lowest BCUT2D eigenvalue weighted by molar-refractivity contribution is 0.0972. The van der Waals surface area contributed by atoms with Crippen molar-refractivity contribution in [2.75, 3.05) is 18.5 Å². The molecular formula is C22H20N2O4S. The monoisotopic (exact) mass is 408 g/mol. The van der Waals surface area contributed by atoms with E-state index in [2.05, 4.69) is 10.6 Å². The zero-order chi connectivity index (χ0) is 20.5. The van der Waals surface area contributed by atoms with Gasteiger partial charge in [-0.15, -0.1) is 0 Å². The molecule has 0 aliphatic heterocycles. The number of thiocarbonyl (C=S) groups is 1. The number of ether oxygens (including phenoxy) is 2. The standard InChI is InChI=1S/C22H20N2O4S/c25-17-12-10-16(11-13-17)23-22(29)24-21(26)19-8-4-5-9-20(19)28-15-14-27-18-6-2-1-3-7-18/h1-13,25H,14-15H2,(H2,23,24,26,29). The molecule has 3 aromatic carbocycles. The van der Waals surface area contributed by atoms with Gasteiger partial charge >= 0.3 is 0 Å². The summed E-state index contributed by atoms with van der Waals surface area (Å²) < 4.78 is 11.3. The smallest absolute Gasteiger partial charge is 0.261 e. The fourth-order valence-corrected chi connectivity index (χ4v) is 2.70. The summed E-state index contributed by atoms with van der Waals surface area (Å²) in [6.45, 7) is 0.635. The van der Waals surface area contributed by atoms with E-state index in [0.29, 0.717) is 23.6 Å². The van der Waals surface area contributed by atoms with Crippen LogP contribution in [0.1, 0.15) is 10.4 Å². The van der Waals surface area contributed by atoms with E-state index in [1.54, 1.807) is 36.4 Å². The second-order valence-corrected chi connectivity index (χ2v) is 6.37. The molecule has 0 atom stereocenters. The molecule has 0 radical (unpaired) electrons. The number of hydrogen-bond donors (Lipinski definition) is 3. The summed E-state index contributed by atoms with van der Waals surface area (Å²) in [5.41, 5.74) is 1.01. The molecule has 0 bridgehead atoms. The quantitative estimate of drug-likeness (QED) is 0.312. The first-order valence-corrected chi connectivity index (χ1v) is 9.34. The summed E-state index contributed by atoms with van der Waals surface area (Å²) >= 11 is 5.18. The highest BCUT2D eigenvalue weighted by molar-refractivity contribution is 7.80. The molecular weight excluding hydrogens is 388 g/mol. The van der Waals surface area contributed by atoms with Gasteiger partial charge in [-0.25, -0.2) is 0 Å². The van der Waals surface area contributed by atoms with Gasteiger partial charge in [0.1, 0.15) is 30.5 Å². The number of phenolic OH excluding ortho intramolecular Hbond substituents is 1. The van der Waals surface area contributed by atoms with Gasteiger partial charge in [0, 0.05) is 5.69 Å². The van der Waals surface area contributed by atoms with E-state index in [9.17, 15) is 9.90 Å². The number of hydrogen-bond acceptors (Lipinski definition) is 5. The van der Waals surface area contributed by atoms with Gasteiger partial charge < -0.3 is 19.9 Å². The number of benzene rings is 3. The Kier molecular flexibility index (Phi) is 7.02. The highest BCUT2D eigenvalue weighted by Gasteiger charge is 2.13. The van der Waals surface area contributed by atoms with Crippen LogP contribution in [0.5, 0.6) is 17.2 Å². The molecule has 0 aliphatic rings. The first-order valence-electron chi connectivity index (χ1n) is 8.93. The molecule has 1 amide bonds. The van der Waals surface area contributed by atoms with Crippen molar-refractivity contribution in [1.82, 2.24) is 5.32 Å². The maximum atomic E-state index is 12.6. The highest BCUT2D eigenvalue weighted by atomic mass is 32.1. The van der Waals surface area contributed by atoms with Crippen molar-refractivity contribution in [2.24, 2.45) is 0 Å². The van der Waals surface area contributed by atoms with Crippen LogP contribution in [0.25, 0.3) is 0 Å². The Morgan fingerprint density at radius 1 is 0.862 bits per heavy atom. The second kappa shape index (κ2) is 10.1. The van der Waals surface area contributed by atoms with E-state index in [-0.39, 0.29) is 23.4 Å². The lowest BCUT2D eigenvalue weighted by Gasteiger charge is -2.13. The zero-order valence-corrected chi connectivity index (χ0v) is 16.3. The van der Waals surface area contributed by atoms with E-state index in [4.69, 9.17) is 21.7 Å². The third kappa shape index (κ3) is 6.22. The van der Waals surface area contributed by atoms with Crippen LogP contribution in [0.3, 0.4) is 0 Å². The summed E-state index contributed by atoms with van der Waals surface area (Å²) in [6, 6.07) is 22.7. The molecule has 29 heavy (non-hydrogen) atoms. The summed E-state index contributed by atoms with van der Waals surface area (Å²) in [4.78, 5) is 12.6. The van der Waals surface area contributed by atoms with Crippen molar-refractivity contribution in [2.45, 2.75) is 0 Å². The Bertz CT molecular complexity index is 962. The molecule has 0 saturated carbocycles. The molecule has 148 valence electrons. The van der Waals surface area contributed by atoms with Crippen molar-refractivity contribution >= 4 is 28.9 Å². The Hall–Kier alpha value is -3.58. The van der Waals surface area contributed by atoms with E-state index < -0.39 is 0 Å². The van der Waals surface area contributed by atoms with Crippen molar-refractivity contribution in [3.63, 3.8) is 0 Å². The van der Waals surface area contributed by atoms with Crippen LogP contribution in [-0.4, -0.2) is 29.3 Å². The van der Waals surface area contributed by atoms with Crippen LogP contribution in [0.15, 0.2) is 78.9 Å². The Balaban J connectivity index is 1.53. The summed E-state index contributed by atoms with van der Waals surface area (Å²) in [7, 11) is 0. The third-order valence-electron chi connectivity index (χ3n) is 3.84. The van der Waals surface area contributed by atoms with Gasteiger partial charge in [-0.05, 0) is 60.7 Å². The highest BCUT2D eigenvalue weighted by Crippen LogP contribution is 2.18. The molecule has 3 N–H and O–H groups in total. The Labute approximate surface area is 174 Å². The minimum atomic E-state index is -0.388. The van der Waals surface area contributed by atoms with E-state index in [1.807, 2.05) is 30.3 Å². The van der Waals surface area contributed by atoms with Crippen molar-refractivity contribution in [3.8, 4) is 17.2 Å². The number of phenols is 1. The van der Waals surface area contributed by atoms with Crippen LogP contribution in [0, 0.1) is 0 Å². The lowest BCUT2D eigenvalue weighted by atomic mass is 10.2. The molecule has 0 spiro atoms. The third-order valence-corrected chi connectivity index (χ3v) is 4.04. The average Bonchev–Trinajstić information content (AvgIpc) is 2.74. The van der Waals surface area contributed by atoms with Crippen molar-refractivity contribution < 1.29 is 19.4 Å². The molecule has 3 aromatic rings. The minimum Gasteiger partial charge on any atom is -0.508 e. The number of aromatic hydroxyl groups is 1. The SMILES string of the molecule is O=C(NC(=S)Nc1ccc(O)cc1)c1ccccc1OCCOc1ccccc1. The van der Waals surface area contributed by atoms with E-state index in [1.165, 1.54) is 12.1 Å². The van der Waals surface area contributed by atoms with Gasteiger partial charge in [0.05, 0.1) is 5.56 Å². The van der Waals surface area contributed by atoms with Gasteiger partial charge in [-0.3, -0.25) is 10.1 Å². The predicted molar refractivity (Wildman–Crippen MR) is 116 cm³/mol. The topological polar surface area (TPSA) is 79.8 Å². The molecule has 0 aromatic heterocycles. The van der Waals surface area contributed by atoms with Gasteiger partial charge in [0.25, 0.3) is 5.91 Å². The maximum absolute atomic E-state index is 12.6. The molecule has 0 saturated heterocycles. The van der Waals surface area contributed by atoms with Gasteiger partial charge in [0.15, 0.2) is 5.11 Å². The van der Waals surface area contributed by atoms with E-state index in [0.717, 1.165) is 5.75 Å². The number of nitrogens with one attached hydrogen (secondary N) is 2. The molecule has 0 fully saturated rings. The number of rotatable bonds is 7. The minimum absolute atomic E-state index is 0.142. The predicted octanol–water partition coefficient (Wildman–Crippen LogP) is 3.98. The first kappa shape index (κ1) is 20.2. The number of amides is 1. The molecule has 6 nitrogen and oxygen atoms in total. The number of carbonyl (C=O) groups is 1. The molecule has 0 aliphatic carbocycles. The molecule has 0 heterocycles. The fourth-order valence-electron chi connectivity index (χ4n) is 2.49. The van der Waals surface area contributed by atoms with Crippen LogP contribution >= 0.6 is 12.2 Å². The first-order chi connectivity index (χ1) is 14.1. The normalized spacial score (nSPS) is 10.1. The molecule has 3 rings (SSSR count). The summed E-state index contributed by atoms with van der Waals surface area (Å²) in [5, 5.41) is 15.0. The van der Waals surface area contributed by atoms with Gasteiger partial charge in [-0.2, -0.15) is 0 Å². The van der Waals surface area contributed by atoms with Crippen LogP contribution in [-0.2, 0) is 0 Å². The van der Waals surface area contributed by atoms with Crippen molar-refractivity contribution in [1.29, 1.82) is 0 Å². The zero-order valence-electron chi connectivity index (χ0n) is 15.5. The summed E-state index contributed by atoms with van der Waals surface area (Å²) in [5.74, 6) is 0.954. The Morgan fingerprint density at radius 2 is 1.52 bits per heavy atom. The lowest BCUT2D eigenvalue weighted by Crippen LogP contribution is -2.34. The van der Waals surface area contributed by atoms with E-state index >= 15 is 0 Å². The fraction of sp³-hybridized carbons (Fsp3) is 0.0909. The summed E-state index contributed by atoms with van der Waals surface area (Å²) in [6.07, 6.45) is 0. The largest absolute Gasteiger partial charge is 0.508 e. The van der Waals surface area contributed by atoms with Crippen LogP contribution in [0.4, 0.5) is 5.69 Å². The molecule has 7 heteroatoms. The van der Waals surface area contributed by atoms with Crippen molar-refractivity contribution in [3.05, 3.63) is 84.4 Å². The second-order valence-electron chi connectivity index (χ2n) is 5.96. The maximum Gasteiger partial charge on any atom is 0.261 e. The van der Waals surface area contributed by atoms with Crippen LogP contribution in [0.2, 0.25) is 0 Å². The van der Waals surface area contributed by atoms with Crippen LogP contribution < -0.4 is 20.1 Å². The average molecular weight is 408 g/mol. The number of anilines is 1. The number of carbonyl (C=O) groups excluding carboxylic acids is 1. The molecule has 0 unspecified atom stereocenters.